The molecular weight excluding hydrogens is 1810 g/mol. The number of likely N-dealkylation sites (N-methyl/N-ethyl adjacent to an activating group) is 1. The number of aliphatic imine (C=N–C) groups is 1. The summed E-state index contributed by atoms with van der Waals surface area (Å²) in [4.78, 5) is 49.6. The maximum absolute atomic E-state index is 5.42. The first-order valence-electron chi connectivity index (χ1n) is 50.5. The molecule has 0 bridgehead atoms. The zero-order chi connectivity index (χ0) is 98.2. The Balaban J connectivity index is 0.000000110. The molecule has 15 heteroatoms. The van der Waals surface area contributed by atoms with Crippen LogP contribution in [0, 0.1) is 0 Å². The van der Waals surface area contributed by atoms with E-state index < -0.39 is 0 Å². The van der Waals surface area contributed by atoms with E-state index in [1.165, 1.54) is 5.56 Å². The Morgan fingerprint density at radius 3 is 1.00 bits per heavy atom. The number of imidazole rings is 5. The van der Waals surface area contributed by atoms with E-state index >= 15 is 0 Å². The van der Waals surface area contributed by atoms with Crippen LogP contribution in [0.5, 0.6) is 0 Å². The summed E-state index contributed by atoms with van der Waals surface area (Å²) in [5, 5.41) is 9.94. The summed E-state index contributed by atoms with van der Waals surface area (Å²) in [5.74, 6) is 4.76. The number of allylic oxidation sites excluding steroid dienone is 2. The Labute approximate surface area is 853 Å². The van der Waals surface area contributed by atoms with Crippen LogP contribution in [0.1, 0.15) is 19.4 Å². The van der Waals surface area contributed by atoms with Crippen LogP contribution in [-0.2, 0) is 6.54 Å². The molecular formula is C133H93N15. The molecule has 2 atom stereocenters. The summed E-state index contributed by atoms with van der Waals surface area (Å²) >= 11 is 0. The first kappa shape index (κ1) is 87.5. The van der Waals surface area contributed by atoms with Crippen LogP contribution in [0.3, 0.4) is 0 Å². The van der Waals surface area contributed by atoms with Crippen molar-refractivity contribution in [3.63, 3.8) is 0 Å². The van der Waals surface area contributed by atoms with Crippen molar-refractivity contribution in [2.45, 2.75) is 32.5 Å². The molecule has 9 aromatic heterocycles. The highest BCUT2D eigenvalue weighted by atomic mass is 15.3. The van der Waals surface area contributed by atoms with E-state index in [0.29, 0.717) is 6.04 Å². The van der Waals surface area contributed by atoms with Gasteiger partial charge in [-0.15, -0.1) is 0 Å². The molecule has 0 N–H and O–H groups in total. The molecule has 0 radical (unpaired) electrons. The van der Waals surface area contributed by atoms with Gasteiger partial charge in [-0.3, -0.25) is 18.7 Å². The Hall–Kier alpha value is -19.5. The number of para-hydroxylation sites is 8. The highest BCUT2D eigenvalue weighted by Crippen LogP contribution is 2.47. The molecule has 18 aromatic carbocycles. The zero-order valence-electron chi connectivity index (χ0n) is 81.0. The minimum atomic E-state index is 0.185. The second-order valence-electron chi connectivity index (χ2n) is 37.6. The smallest absolute Gasteiger partial charge is 0.145 e. The number of aryl methyl sites for hydroxylation is 1. The lowest BCUT2D eigenvalue weighted by Crippen LogP contribution is -2.38. The van der Waals surface area contributed by atoms with Gasteiger partial charge in [-0.2, -0.15) is 0 Å². The van der Waals surface area contributed by atoms with Crippen LogP contribution in [0.2, 0.25) is 0 Å². The van der Waals surface area contributed by atoms with Crippen LogP contribution < -0.4 is 0 Å². The molecule has 0 amide bonds. The quantitative estimate of drug-likeness (QED) is 0.0864. The average molecular weight is 1900 g/mol. The minimum Gasteiger partial charge on any atom is -0.348 e. The van der Waals surface area contributed by atoms with Crippen LogP contribution >= 0.6 is 0 Å². The molecule has 148 heavy (non-hydrogen) atoms. The fourth-order valence-electron chi connectivity index (χ4n) is 21.9. The number of rotatable bonds is 16. The normalized spacial score (nSPS) is 13.4. The third-order valence-corrected chi connectivity index (χ3v) is 29.0. The molecule has 1 aliphatic heterocycles. The highest BCUT2D eigenvalue weighted by molar-refractivity contribution is 6.23. The summed E-state index contributed by atoms with van der Waals surface area (Å²) in [5.41, 5.74) is 33.1. The van der Waals surface area contributed by atoms with Gasteiger partial charge in [0.2, 0.25) is 0 Å². The molecule has 0 fully saturated rings. The third kappa shape index (κ3) is 15.4. The van der Waals surface area contributed by atoms with Gasteiger partial charge < -0.3 is 13.9 Å². The van der Waals surface area contributed by atoms with Crippen molar-refractivity contribution in [2.24, 2.45) is 4.99 Å². The number of fused-ring (bicyclic) bond motifs is 18. The number of hydrogen-bond donors (Lipinski definition) is 0. The lowest BCUT2D eigenvalue weighted by atomic mass is 9.96. The predicted octanol–water partition coefficient (Wildman–Crippen LogP) is 31.8. The van der Waals surface area contributed by atoms with Gasteiger partial charge in [0.15, 0.2) is 0 Å². The molecule has 2 aliphatic rings. The van der Waals surface area contributed by atoms with E-state index in [9.17, 15) is 0 Å². The lowest BCUT2D eigenvalue weighted by molar-refractivity contribution is 0.387. The number of pyridine rings is 4. The summed E-state index contributed by atoms with van der Waals surface area (Å²) in [6.07, 6.45) is 12.9. The largest absolute Gasteiger partial charge is 0.348 e. The van der Waals surface area contributed by atoms with Gasteiger partial charge >= 0.3 is 0 Å². The molecule has 0 spiro atoms. The molecule has 700 valence electrons. The molecule has 10 heterocycles. The molecule has 29 rings (SSSR count). The fraction of sp³-hybridized carbons (Fsp3) is 0.0451. The van der Waals surface area contributed by atoms with Crippen molar-refractivity contribution in [3.05, 3.63) is 497 Å². The van der Waals surface area contributed by atoms with Crippen molar-refractivity contribution in [2.75, 3.05) is 6.54 Å². The van der Waals surface area contributed by atoms with E-state index in [2.05, 4.69) is 478 Å². The first-order chi connectivity index (χ1) is 73.3. The fourth-order valence-corrected chi connectivity index (χ4v) is 21.9. The Morgan fingerprint density at radius 2 is 0.588 bits per heavy atom. The number of nitrogens with zero attached hydrogens (tertiary/aromatic N) is 15. The summed E-state index contributed by atoms with van der Waals surface area (Å²) in [7, 11) is 0. The molecule has 2 unspecified atom stereocenters. The maximum atomic E-state index is 5.42. The topological polar surface area (TPSA) is 143 Å². The van der Waals surface area contributed by atoms with Gasteiger partial charge in [-0.1, -0.05) is 382 Å². The van der Waals surface area contributed by atoms with E-state index in [1.807, 2.05) is 54.6 Å². The molecule has 15 nitrogen and oxygen atoms in total. The van der Waals surface area contributed by atoms with E-state index in [1.54, 1.807) is 0 Å². The van der Waals surface area contributed by atoms with Crippen LogP contribution in [0.15, 0.2) is 497 Å². The van der Waals surface area contributed by atoms with Gasteiger partial charge in [-0.05, 0) is 149 Å². The molecule has 0 saturated carbocycles. The van der Waals surface area contributed by atoms with Crippen molar-refractivity contribution >= 4 is 121 Å². The molecule has 27 aromatic rings. The van der Waals surface area contributed by atoms with Gasteiger partial charge in [0.05, 0.1) is 95.5 Å². The molecule has 1 aliphatic carbocycles. The van der Waals surface area contributed by atoms with Crippen LogP contribution in [-0.4, -0.2) is 91.9 Å². The van der Waals surface area contributed by atoms with Gasteiger partial charge in [-0.25, -0.2) is 39.9 Å². The second-order valence-corrected chi connectivity index (χ2v) is 37.6. The highest BCUT2D eigenvalue weighted by Gasteiger charge is 2.34. The Bertz CT molecular complexity index is 9890. The van der Waals surface area contributed by atoms with Crippen molar-refractivity contribution in [1.29, 1.82) is 0 Å². The third-order valence-electron chi connectivity index (χ3n) is 29.0. The monoisotopic (exact) mass is 1900 g/mol. The average Bonchev–Trinajstić information content (AvgIpc) is 1.54. The summed E-state index contributed by atoms with van der Waals surface area (Å²) < 4.78 is 11.2. The van der Waals surface area contributed by atoms with E-state index in [-0.39, 0.29) is 6.04 Å². The van der Waals surface area contributed by atoms with E-state index in [0.717, 1.165) is 264 Å². The summed E-state index contributed by atoms with van der Waals surface area (Å²) in [6, 6.07) is 160. The van der Waals surface area contributed by atoms with Crippen LogP contribution in [0.25, 0.3) is 245 Å². The SMILES string of the molecule is CCN1C(c2ccc(-c3ccc(-c4nc5ccccc5c5ccc6c(nc(-c7ccccc7)n6-c6ccccc6)c45)cc3)cc2)=NC2C=CC=CC21.CCn1c(-c2ccc(-c3nc4ccccc4c4ccc5c(nc(-c6ccccc6)n5-c5ccccc5)c34)cc2)nc2ccccc21.c1ccc(-c2cn3ccc(-c4ccc(-c5nc6ccccc6c6ccc7c(nc(-c8ccccc8)n7-c7ccccc7)c56)cc4)cc3n2)cc1. The maximum Gasteiger partial charge on any atom is 0.145 e. The lowest BCUT2D eigenvalue weighted by Gasteiger charge is -2.27. The zero-order valence-corrected chi connectivity index (χ0v) is 81.0. The Kier molecular flexibility index (Phi) is 21.9. The number of benzene rings is 18. The second kappa shape index (κ2) is 37.1. The number of amidine groups is 1. The van der Waals surface area contributed by atoms with Gasteiger partial charge in [0.25, 0.3) is 0 Å². The minimum absolute atomic E-state index is 0.185. The number of aromatic nitrogens is 13. The Morgan fingerprint density at radius 1 is 0.243 bits per heavy atom. The van der Waals surface area contributed by atoms with Crippen LogP contribution in [0.4, 0.5) is 0 Å². The van der Waals surface area contributed by atoms with Gasteiger partial charge in [0, 0.05) is 125 Å². The predicted molar refractivity (Wildman–Crippen MR) is 608 cm³/mol. The molecule has 0 saturated heterocycles. The standard InChI is InChI=1S/C47H35N5.C45H29N5.C41H29N5/c1-2-51-41-20-12-11-19-40(41)49-46(51)35-27-23-32(24-28-35)31-21-25-33(26-22-31)44-43-38(37-17-9-10-18-39(37)48-44)29-30-42-45(43)50-47(34-13-5-3-6-14-34)52(42)36-15-7-4-8-16-36;1-4-12-31(13-5-1)39-29-49-27-26-34(28-41(49)46-39)30-20-22-32(23-21-30)43-42-37(36-18-10-11-19-38(36)47-43)24-25-40-44(42)48-45(33-14-6-2-7-15-33)50(40)35-16-8-3-9-17-35;1-2-45-35-20-12-11-19-34(35)43-40(45)29-23-21-27(22-24-29)38-37-32(31-17-9-10-18-33(31)42-38)25-26-36-39(37)44-41(28-13-5-3-6-14-28)46(36)30-15-7-4-8-16-30/h3-30,40-41H,2H2,1H3;1-29H;3-26H,2H2,1H3. The van der Waals surface area contributed by atoms with Crippen molar-refractivity contribution < 1.29 is 0 Å². The summed E-state index contributed by atoms with van der Waals surface area (Å²) in [6.45, 7) is 6.14. The van der Waals surface area contributed by atoms with Crippen molar-refractivity contribution in [1.82, 2.24) is 67.4 Å². The van der Waals surface area contributed by atoms with Gasteiger partial charge in [0.1, 0.15) is 34.8 Å². The van der Waals surface area contributed by atoms with E-state index in [4.69, 9.17) is 44.9 Å². The first-order valence-corrected chi connectivity index (χ1v) is 50.5. The number of hydrogen-bond acceptors (Lipinski definition) is 10. The van der Waals surface area contributed by atoms with Crippen molar-refractivity contribution in [3.8, 4) is 130 Å².